The number of rotatable bonds is 4. The Labute approximate surface area is 163 Å². The maximum Gasteiger partial charge on any atom is 0.419 e. The van der Waals surface area contributed by atoms with E-state index >= 15 is 0 Å². The van der Waals surface area contributed by atoms with Crippen LogP contribution in [-0.2, 0) is 11.6 Å². The first kappa shape index (κ1) is 18.7. The van der Waals surface area contributed by atoms with Crippen LogP contribution in [0.5, 0.6) is 11.6 Å². The molecule has 0 atom stereocenters. The van der Waals surface area contributed by atoms with Crippen molar-refractivity contribution < 1.29 is 22.3 Å². The Morgan fingerprint density at radius 3 is 2.32 bits per heavy atom. The molecule has 1 saturated carbocycles. The molecule has 0 amide bonds. The van der Waals surface area contributed by atoms with Gasteiger partial charge in [0.05, 0.1) is 11.3 Å². The maximum absolute atomic E-state index is 13.4. The van der Waals surface area contributed by atoms with Crippen molar-refractivity contribution in [2.24, 2.45) is 0 Å². The second kappa shape index (κ2) is 6.74. The Morgan fingerprint density at radius 1 is 0.964 bits per heavy atom. The summed E-state index contributed by atoms with van der Waals surface area (Å²) in [5, 5.41) is 0.628. The van der Waals surface area contributed by atoms with Crippen molar-refractivity contribution in [2.75, 3.05) is 0 Å². The zero-order chi connectivity index (χ0) is 19.9. The number of halogens is 5. The van der Waals surface area contributed by atoms with Gasteiger partial charge in [0.15, 0.2) is 0 Å². The smallest absolute Gasteiger partial charge is 0.419 e. The molecular formula is C20H13ClF4N2O. The topological polar surface area (TPSA) is 35.0 Å². The lowest BCUT2D eigenvalue weighted by Gasteiger charge is -2.16. The van der Waals surface area contributed by atoms with Gasteiger partial charge in [-0.05, 0) is 48.7 Å². The fourth-order valence-electron chi connectivity index (χ4n) is 3.15. The second-order valence-corrected chi connectivity index (χ2v) is 7.01. The van der Waals surface area contributed by atoms with Crippen LogP contribution in [0.2, 0.25) is 5.02 Å². The highest BCUT2D eigenvalue weighted by molar-refractivity contribution is 6.30. The van der Waals surface area contributed by atoms with E-state index in [0.717, 1.165) is 30.5 Å². The average molecular weight is 409 g/mol. The lowest BCUT2D eigenvalue weighted by molar-refractivity contribution is -0.140. The Hall–Kier alpha value is -2.67. The third-order valence-corrected chi connectivity index (χ3v) is 5.00. The minimum Gasteiger partial charge on any atom is -0.439 e. The number of benzene rings is 2. The van der Waals surface area contributed by atoms with Gasteiger partial charge in [-0.2, -0.15) is 13.2 Å². The van der Waals surface area contributed by atoms with Crippen LogP contribution in [0.4, 0.5) is 17.6 Å². The van der Waals surface area contributed by atoms with Crippen LogP contribution < -0.4 is 4.74 Å². The van der Waals surface area contributed by atoms with E-state index in [4.69, 9.17) is 16.3 Å². The minimum absolute atomic E-state index is 0.0879. The monoisotopic (exact) mass is 408 g/mol. The van der Waals surface area contributed by atoms with Gasteiger partial charge in [0.1, 0.15) is 17.9 Å². The molecule has 0 bridgehead atoms. The molecule has 144 valence electrons. The van der Waals surface area contributed by atoms with Gasteiger partial charge in [-0.15, -0.1) is 0 Å². The summed E-state index contributed by atoms with van der Waals surface area (Å²) < 4.78 is 57.5. The molecule has 0 aliphatic heterocycles. The zero-order valence-corrected chi connectivity index (χ0v) is 15.1. The van der Waals surface area contributed by atoms with E-state index in [1.165, 1.54) is 6.33 Å². The molecule has 8 heteroatoms. The summed E-state index contributed by atoms with van der Waals surface area (Å²) in [6, 6.07) is 11.5. The Bertz CT molecular complexity index is 1020. The molecule has 1 fully saturated rings. The summed E-state index contributed by atoms with van der Waals surface area (Å²) in [7, 11) is 0. The molecule has 1 aromatic heterocycles. The molecule has 28 heavy (non-hydrogen) atoms. The molecule has 4 rings (SSSR count). The minimum atomic E-state index is -4.81. The summed E-state index contributed by atoms with van der Waals surface area (Å²) in [5.74, 6) is -1.43. The summed E-state index contributed by atoms with van der Waals surface area (Å²) in [4.78, 5) is 8.29. The Morgan fingerprint density at radius 2 is 1.68 bits per heavy atom. The molecule has 1 heterocycles. The molecule has 3 nitrogen and oxygen atoms in total. The van der Waals surface area contributed by atoms with Gasteiger partial charge in [0, 0.05) is 16.5 Å². The van der Waals surface area contributed by atoms with Crippen molar-refractivity contribution >= 4 is 11.6 Å². The van der Waals surface area contributed by atoms with Crippen LogP contribution in [0.3, 0.4) is 0 Å². The molecule has 2 aromatic carbocycles. The van der Waals surface area contributed by atoms with Crippen molar-refractivity contribution in [1.82, 2.24) is 9.97 Å². The molecule has 1 aliphatic carbocycles. The molecular weight excluding hydrogens is 396 g/mol. The second-order valence-electron chi connectivity index (χ2n) is 6.57. The van der Waals surface area contributed by atoms with Gasteiger partial charge in [-0.3, -0.25) is 0 Å². The number of hydrogen-bond acceptors (Lipinski definition) is 3. The van der Waals surface area contributed by atoms with Crippen molar-refractivity contribution in [2.45, 2.75) is 24.4 Å². The van der Waals surface area contributed by atoms with E-state index in [2.05, 4.69) is 9.97 Å². The highest BCUT2D eigenvalue weighted by atomic mass is 35.5. The van der Waals surface area contributed by atoms with Crippen molar-refractivity contribution in [3.8, 4) is 11.6 Å². The largest absolute Gasteiger partial charge is 0.439 e. The van der Waals surface area contributed by atoms with Crippen LogP contribution in [-0.4, -0.2) is 9.97 Å². The van der Waals surface area contributed by atoms with E-state index in [1.54, 1.807) is 18.2 Å². The van der Waals surface area contributed by atoms with Gasteiger partial charge in [0.25, 0.3) is 0 Å². The first-order valence-corrected chi connectivity index (χ1v) is 8.79. The molecule has 3 aromatic rings. The van der Waals surface area contributed by atoms with Gasteiger partial charge >= 0.3 is 6.18 Å². The van der Waals surface area contributed by atoms with E-state index in [9.17, 15) is 17.6 Å². The predicted octanol–water partition coefficient (Wildman–Crippen LogP) is 6.16. The summed E-state index contributed by atoms with van der Waals surface area (Å²) in [5.41, 5.74) is 0.0748. The molecule has 0 spiro atoms. The van der Waals surface area contributed by atoms with Gasteiger partial charge in [-0.25, -0.2) is 14.4 Å². The van der Waals surface area contributed by atoms with Crippen LogP contribution in [0, 0.1) is 5.82 Å². The van der Waals surface area contributed by atoms with Crippen LogP contribution in [0.15, 0.2) is 54.9 Å². The first-order valence-electron chi connectivity index (χ1n) is 8.41. The van der Waals surface area contributed by atoms with Crippen LogP contribution in [0.25, 0.3) is 0 Å². The number of aromatic nitrogens is 2. The van der Waals surface area contributed by atoms with Gasteiger partial charge in [0.2, 0.25) is 5.88 Å². The van der Waals surface area contributed by atoms with Gasteiger partial charge in [-0.1, -0.05) is 23.7 Å². The molecule has 0 unspecified atom stereocenters. The lowest BCUT2D eigenvalue weighted by atomic mass is 9.92. The zero-order valence-electron chi connectivity index (χ0n) is 14.3. The SMILES string of the molecule is Fc1ccc(Oc2cc(C3(c4ccc(Cl)cc4)CC3)ncn2)cc1C(F)(F)F. The van der Waals surface area contributed by atoms with Gasteiger partial charge < -0.3 is 4.74 Å². The third-order valence-electron chi connectivity index (χ3n) is 4.74. The normalized spacial score (nSPS) is 15.3. The quantitative estimate of drug-likeness (QED) is 0.485. The fourth-order valence-corrected chi connectivity index (χ4v) is 3.28. The Balaban J connectivity index is 1.63. The van der Waals surface area contributed by atoms with Crippen molar-refractivity contribution in [3.63, 3.8) is 0 Å². The molecule has 0 saturated heterocycles. The standard InChI is InChI=1S/C20H13ClF4N2O/c21-13-3-1-12(2-4-13)19(7-8-19)17-10-18(27-11-26-17)28-14-5-6-16(22)15(9-14)20(23,24)25/h1-6,9-11H,7-8H2. The fraction of sp³-hybridized carbons (Fsp3) is 0.200. The Kier molecular flexibility index (Phi) is 4.50. The van der Waals surface area contributed by atoms with E-state index in [0.29, 0.717) is 16.8 Å². The molecule has 0 N–H and O–H groups in total. The van der Waals surface area contributed by atoms with Crippen molar-refractivity contribution in [1.29, 1.82) is 0 Å². The summed E-state index contributed by atoms with van der Waals surface area (Å²) >= 11 is 5.95. The van der Waals surface area contributed by atoms with E-state index in [-0.39, 0.29) is 17.0 Å². The number of hydrogen-bond donors (Lipinski definition) is 0. The lowest BCUT2D eigenvalue weighted by Crippen LogP contribution is -2.11. The number of ether oxygens (including phenoxy) is 1. The van der Waals surface area contributed by atoms with E-state index < -0.39 is 17.6 Å². The van der Waals surface area contributed by atoms with Crippen LogP contribution in [0.1, 0.15) is 29.7 Å². The molecule has 1 aliphatic rings. The summed E-state index contributed by atoms with van der Waals surface area (Å²) in [6.07, 6.45) is -1.76. The number of nitrogens with zero attached hydrogens (tertiary/aromatic N) is 2. The highest BCUT2D eigenvalue weighted by Gasteiger charge is 2.47. The number of alkyl halides is 3. The predicted molar refractivity (Wildman–Crippen MR) is 95.0 cm³/mol. The first-order chi connectivity index (χ1) is 13.3. The molecule has 0 radical (unpaired) electrons. The third kappa shape index (κ3) is 3.54. The summed E-state index contributed by atoms with van der Waals surface area (Å²) in [6.45, 7) is 0. The van der Waals surface area contributed by atoms with E-state index in [1.807, 2.05) is 12.1 Å². The maximum atomic E-state index is 13.4. The van der Waals surface area contributed by atoms with Crippen molar-refractivity contribution in [3.05, 3.63) is 82.5 Å². The average Bonchev–Trinajstić information content (AvgIpc) is 3.45. The van der Waals surface area contributed by atoms with Crippen LogP contribution >= 0.6 is 11.6 Å². The highest BCUT2D eigenvalue weighted by Crippen LogP contribution is 2.53.